The van der Waals surface area contributed by atoms with E-state index < -0.39 is 6.10 Å². The fourth-order valence-electron chi connectivity index (χ4n) is 4.61. The third kappa shape index (κ3) is 29.3. The molecule has 0 radical (unpaired) electrons. The number of ether oxygens (including phenoxy) is 2. The van der Waals surface area contributed by atoms with E-state index in [1.165, 1.54) is 116 Å². The summed E-state index contributed by atoms with van der Waals surface area (Å²) in [6.45, 7) is 4.21. The molecule has 0 unspecified atom stereocenters. The van der Waals surface area contributed by atoms with Crippen LogP contribution >= 0.6 is 0 Å². The number of carbonyl (C=O) groups is 2. The Kier molecular flexibility index (Phi) is 28.6. The molecule has 0 aliphatic carbocycles. The Morgan fingerprint density at radius 2 is 0.703 bits per heavy atom. The Bertz CT molecular complexity index is 494. The van der Waals surface area contributed by atoms with Gasteiger partial charge in [0.25, 0.3) is 0 Å². The van der Waals surface area contributed by atoms with Crippen molar-refractivity contribution < 1.29 is 24.2 Å². The zero-order valence-electron chi connectivity index (χ0n) is 24.7. The Hall–Kier alpha value is -1.10. The van der Waals surface area contributed by atoms with Crippen LogP contribution in [0.5, 0.6) is 0 Å². The Morgan fingerprint density at radius 3 is 0.973 bits per heavy atom. The molecule has 37 heavy (non-hydrogen) atoms. The van der Waals surface area contributed by atoms with Crippen LogP contribution in [0.3, 0.4) is 0 Å². The van der Waals surface area contributed by atoms with Crippen molar-refractivity contribution in [2.75, 3.05) is 13.2 Å². The fraction of sp³-hybridized carbons (Fsp3) is 0.938. The first-order valence-corrected chi connectivity index (χ1v) is 16.1. The lowest BCUT2D eigenvalue weighted by molar-refractivity contribution is -0.152. The summed E-state index contributed by atoms with van der Waals surface area (Å²) >= 11 is 0. The minimum absolute atomic E-state index is 0.109. The van der Waals surface area contributed by atoms with Crippen molar-refractivity contribution in [1.29, 1.82) is 0 Å². The molecule has 220 valence electrons. The monoisotopic (exact) mass is 526 g/mol. The highest BCUT2D eigenvalue weighted by Gasteiger charge is 2.12. The number of esters is 2. The van der Waals surface area contributed by atoms with Gasteiger partial charge < -0.3 is 14.6 Å². The van der Waals surface area contributed by atoms with E-state index in [0.717, 1.165) is 32.1 Å². The Labute approximate surface area is 229 Å². The topological polar surface area (TPSA) is 72.8 Å². The van der Waals surface area contributed by atoms with E-state index in [1.807, 2.05) is 0 Å². The third-order valence-corrected chi connectivity index (χ3v) is 7.09. The fourth-order valence-corrected chi connectivity index (χ4v) is 4.61. The standard InChI is InChI=1S/C32H62O5/c1-3-5-7-9-10-11-12-13-14-15-16-17-18-19-20-21-23-25-27-32(35)37-29-30(33)28-36-31(34)26-24-22-8-6-4-2/h30,33H,3-29H2,1-2H3/t30-/m0/s1. The highest BCUT2D eigenvalue weighted by molar-refractivity contribution is 5.69. The summed E-state index contributed by atoms with van der Waals surface area (Å²) in [5, 5.41) is 9.86. The maximum atomic E-state index is 11.8. The molecule has 0 aliphatic rings. The molecule has 0 bridgehead atoms. The van der Waals surface area contributed by atoms with Crippen LogP contribution in [0.25, 0.3) is 0 Å². The van der Waals surface area contributed by atoms with E-state index >= 15 is 0 Å². The van der Waals surface area contributed by atoms with Gasteiger partial charge in [-0.1, -0.05) is 149 Å². The normalized spacial score (nSPS) is 12.0. The van der Waals surface area contributed by atoms with Crippen LogP contribution in [-0.2, 0) is 19.1 Å². The van der Waals surface area contributed by atoms with Gasteiger partial charge >= 0.3 is 11.9 Å². The molecule has 0 rings (SSSR count). The first-order chi connectivity index (χ1) is 18.1. The molecule has 5 nitrogen and oxygen atoms in total. The number of aliphatic hydroxyl groups excluding tert-OH is 1. The lowest BCUT2D eigenvalue weighted by atomic mass is 10.0. The van der Waals surface area contributed by atoms with Crippen LogP contribution in [0.2, 0.25) is 0 Å². The molecule has 0 aliphatic heterocycles. The van der Waals surface area contributed by atoms with E-state index in [-0.39, 0.29) is 25.2 Å². The van der Waals surface area contributed by atoms with E-state index in [0.29, 0.717) is 12.8 Å². The second-order valence-electron chi connectivity index (χ2n) is 10.9. The first-order valence-electron chi connectivity index (χ1n) is 16.1. The first kappa shape index (κ1) is 35.9. The lowest BCUT2D eigenvalue weighted by Crippen LogP contribution is -2.25. The largest absolute Gasteiger partial charge is 0.463 e. The van der Waals surface area contributed by atoms with Gasteiger partial charge in [0.15, 0.2) is 0 Å². The molecule has 1 atom stereocenters. The minimum atomic E-state index is -0.951. The predicted molar refractivity (Wildman–Crippen MR) is 155 cm³/mol. The van der Waals surface area contributed by atoms with Crippen LogP contribution in [0.1, 0.15) is 174 Å². The summed E-state index contributed by atoms with van der Waals surface area (Å²) in [5.74, 6) is -0.571. The molecule has 0 heterocycles. The average molecular weight is 527 g/mol. The van der Waals surface area contributed by atoms with Gasteiger partial charge in [-0.15, -0.1) is 0 Å². The van der Waals surface area contributed by atoms with Gasteiger partial charge in [-0.2, -0.15) is 0 Å². The van der Waals surface area contributed by atoms with Gasteiger partial charge in [0.1, 0.15) is 19.3 Å². The van der Waals surface area contributed by atoms with Crippen molar-refractivity contribution in [1.82, 2.24) is 0 Å². The molecule has 0 spiro atoms. The van der Waals surface area contributed by atoms with Crippen LogP contribution in [0.15, 0.2) is 0 Å². The molecule has 0 aromatic carbocycles. The third-order valence-electron chi connectivity index (χ3n) is 7.09. The van der Waals surface area contributed by atoms with E-state index in [1.54, 1.807) is 0 Å². The smallest absolute Gasteiger partial charge is 0.305 e. The van der Waals surface area contributed by atoms with Gasteiger partial charge in [-0.25, -0.2) is 0 Å². The number of carbonyl (C=O) groups excluding carboxylic acids is 2. The summed E-state index contributed by atoms with van der Waals surface area (Å²) in [7, 11) is 0. The summed E-state index contributed by atoms with van der Waals surface area (Å²) in [5.41, 5.74) is 0. The Morgan fingerprint density at radius 1 is 0.459 bits per heavy atom. The maximum absolute atomic E-state index is 11.8. The number of aliphatic hydroxyl groups is 1. The van der Waals surface area contributed by atoms with Crippen LogP contribution in [0.4, 0.5) is 0 Å². The lowest BCUT2D eigenvalue weighted by Gasteiger charge is -2.12. The summed E-state index contributed by atoms with van der Waals surface area (Å²) in [6, 6.07) is 0. The van der Waals surface area contributed by atoms with Crippen LogP contribution in [0, 0.1) is 0 Å². The molecule has 0 saturated heterocycles. The van der Waals surface area contributed by atoms with Gasteiger partial charge in [0.05, 0.1) is 0 Å². The molecule has 0 saturated carbocycles. The molecule has 0 amide bonds. The van der Waals surface area contributed by atoms with E-state index in [2.05, 4.69) is 13.8 Å². The van der Waals surface area contributed by atoms with Crippen LogP contribution < -0.4 is 0 Å². The van der Waals surface area contributed by atoms with Crippen molar-refractivity contribution in [2.45, 2.75) is 180 Å². The number of hydrogen-bond acceptors (Lipinski definition) is 5. The summed E-state index contributed by atoms with van der Waals surface area (Å²) in [4.78, 5) is 23.5. The van der Waals surface area contributed by atoms with E-state index in [9.17, 15) is 14.7 Å². The minimum Gasteiger partial charge on any atom is -0.463 e. The second kappa shape index (κ2) is 29.5. The molecule has 0 aromatic heterocycles. The van der Waals surface area contributed by atoms with Gasteiger partial charge in [0, 0.05) is 12.8 Å². The Balaban J connectivity index is 3.33. The van der Waals surface area contributed by atoms with Crippen LogP contribution in [-0.4, -0.2) is 36.4 Å². The zero-order chi connectivity index (χ0) is 27.2. The maximum Gasteiger partial charge on any atom is 0.305 e. The molecule has 0 aromatic rings. The highest BCUT2D eigenvalue weighted by atomic mass is 16.6. The number of hydrogen-bond donors (Lipinski definition) is 1. The molecule has 1 N–H and O–H groups in total. The molecular weight excluding hydrogens is 464 g/mol. The quantitative estimate of drug-likeness (QED) is 0.0776. The van der Waals surface area contributed by atoms with Crippen molar-refractivity contribution in [3.8, 4) is 0 Å². The summed E-state index contributed by atoms with van der Waals surface area (Å²) in [6.07, 6.45) is 29.0. The second-order valence-corrected chi connectivity index (χ2v) is 10.9. The van der Waals surface area contributed by atoms with Gasteiger partial charge in [-0.05, 0) is 12.8 Å². The molecular formula is C32H62O5. The average Bonchev–Trinajstić information content (AvgIpc) is 2.90. The zero-order valence-corrected chi connectivity index (χ0v) is 24.7. The summed E-state index contributed by atoms with van der Waals surface area (Å²) < 4.78 is 10.2. The predicted octanol–water partition coefficient (Wildman–Crippen LogP) is 9.23. The van der Waals surface area contributed by atoms with Crippen molar-refractivity contribution in [3.05, 3.63) is 0 Å². The van der Waals surface area contributed by atoms with Crippen molar-refractivity contribution in [2.24, 2.45) is 0 Å². The highest BCUT2D eigenvalue weighted by Crippen LogP contribution is 2.14. The van der Waals surface area contributed by atoms with Gasteiger partial charge in [-0.3, -0.25) is 9.59 Å². The van der Waals surface area contributed by atoms with Gasteiger partial charge in [0.2, 0.25) is 0 Å². The number of unbranched alkanes of at least 4 members (excludes halogenated alkanes) is 21. The number of rotatable bonds is 29. The molecule has 0 fully saturated rings. The van der Waals surface area contributed by atoms with Crippen molar-refractivity contribution in [3.63, 3.8) is 0 Å². The van der Waals surface area contributed by atoms with Crippen molar-refractivity contribution >= 4 is 11.9 Å². The van der Waals surface area contributed by atoms with E-state index in [4.69, 9.17) is 9.47 Å². The molecule has 5 heteroatoms. The SMILES string of the molecule is CCCCCCCCCCCCCCCCCCCCC(=O)OC[C@@H](O)COC(=O)CCCCCCC.